The van der Waals surface area contributed by atoms with Gasteiger partial charge in [0.25, 0.3) is 0 Å². The number of rotatable bonds is 2. The summed E-state index contributed by atoms with van der Waals surface area (Å²) in [4.78, 5) is 28.9. The number of nitrogen functional groups attached to an aromatic ring is 2. The maximum atomic E-state index is 12.8. The van der Waals surface area contributed by atoms with Gasteiger partial charge >= 0.3 is 36.7 Å². The zero-order valence-corrected chi connectivity index (χ0v) is 17.0. The van der Waals surface area contributed by atoms with E-state index in [9.17, 15) is 18.4 Å². The zero-order valence-electron chi connectivity index (χ0n) is 14.5. The van der Waals surface area contributed by atoms with Crippen LogP contribution in [0.5, 0.6) is 0 Å². The molecule has 0 bridgehead atoms. The van der Waals surface area contributed by atoms with Gasteiger partial charge in [-0.2, -0.15) is 0 Å². The third-order valence-corrected chi connectivity index (χ3v) is 3.16. The average Bonchev–Trinajstić information content (AvgIpc) is 2.64. The van der Waals surface area contributed by atoms with Crippen molar-refractivity contribution in [1.82, 2.24) is 9.97 Å². The molecule has 2 aromatic rings. The molecule has 0 amide bonds. The fourth-order valence-electron chi connectivity index (χ4n) is 1.46. The second-order valence-corrected chi connectivity index (χ2v) is 5.37. The summed E-state index contributed by atoms with van der Waals surface area (Å²) in [5.74, 6) is -2.57. The molecule has 0 unspecified atom stereocenters. The van der Waals surface area contributed by atoms with E-state index in [0.29, 0.717) is 0 Å². The molecule has 4 N–H and O–H groups in total. The van der Waals surface area contributed by atoms with Crippen molar-refractivity contribution in [3.63, 3.8) is 0 Å². The van der Waals surface area contributed by atoms with Crippen LogP contribution in [0, 0.1) is 11.6 Å². The van der Waals surface area contributed by atoms with E-state index in [1.165, 1.54) is 14.2 Å². The van der Waals surface area contributed by atoms with Crippen LogP contribution in [-0.4, -0.2) is 43.8 Å². The molecule has 0 aliphatic rings. The molecule has 29 heavy (non-hydrogen) atoms. The summed E-state index contributed by atoms with van der Waals surface area (Å²) in [6.45, 7) is 0. The van der Waals surface area contributed by atoms with Gasteiger partial charge in [-0.25, -0.2) is 28.3 Å². The van der Waals surface area contributed by atoms with Crippen LogP contribution in [0.2, 0.25) is 0 Å². The van der Waals surface area contributed by atoms with E-state index in [0.717, 1.165) is 18.3 Å². The van der Waals surface area contributed by atoms with Crippen molar-refractivity contribution >= 4 is 59.7 Å². The Morgan fingerprint density at radius 1 is 1.14 bits per heavy atom. The number of carbonyl (C=O) groups is 2. The molecule has 157 valence electrons. The van der Waals surface area contributed by atoms with Gasteiger partial charge in [0.15, 0.2) is 17.2 Å². The van der Waals surface area contributed by atoms with Gasteiger partial charge in [-0.15, -0.1) is 0 Å². The molecule has 9 nitrogen and oxygen atoms in total. The van der Waals surface area contributed by atoms with Crippen molar-refractivity contribution in [3.05, 3.63) is 46.0 Å². The molecule has 0 saturated heterocycles. The molecule has 0 atom stereocenters. The fraction of sp³-hybridized carbons (Fsp3) is 0.200. The Kier molecular flexibility index (Phi) is 14.2. The van der Waals surface area contributed by atoms with Crippen LogP contribution < -0.4 is 11.5 Å². The number of pyridine rings is 2. The number of nitrogens with zero attached hydrogens (tertiary/aromatic N) is 3. The number of carbonyl (C=O) groups excluding carboxylic acids is 2. The number of aromatic nitrogens is 2. The Balaban J connectivity index is 0. The van der Waals surface area contributed by atoms with Crippen LogP contribution >= 0.6 is 28.7 Å². The summed E-state index contributed by atoms with van der Waals surface area (Å²) in [6, 6.07) is 2.02. The number of hydrogen-bond acceptors (Lipinski definition) is 10. The molecule has 0 aliphatic heterocycles. The van der Waals surface area contributed by atoms with Crippen molar-refractivity contribution in [2.75, 3.05) is 25.7 Å². The van der Waals surface area contributed by atoms with Crippen molar-refractivity contribution in [1.29, 1.82) is 0 Å². The van der Waals surface area contributed by atoms with Gasteiger partial charge in [0.2, 0.25) is 0 Å². The van der Waals surface area contributed by atoms with Crippen LogP contribution in [0.4, 0.5) is 20.2 Å². The van der Waals surface area contributed by atoms with Crippen LogP contribution in [0.3, 0.4) is 0 Å². The Morgan fingerprint density at radius 2 is 1.59 bits per heavy atom. The fourth-order valence-corrected chi connectivity index (χ4v) is 1.75. The Morgan fingerprint density at radius 3 is 2.03 bits per heavy atom. The van der Waals surface area contributed by atoms with E-state index >= 15 is 0 Å². The molecule has 0 aliphatic carbocycles. The second-order valence-electron chi connectivity index (χ2n) is 4.39. The van der Waals surface area contributed by atoms with Crippen molar-refractivity contribution < 1.29 is 27.8 Å². The summed E-state index contributed by atoms with van der Waals surface area (Å²) in [5.41, 5.74) is 10.4. The Hall–Kier alpha value is -2.61. The standard InChI is InChI=1S/C7H6BrFN2O2.C7H7FN2O2.CH4.BHNS/c1-13-7(12)5-4(10)2-3(9)6(8)11-5;1-12-7(11)6-5(9)2-4(8)3-10-6;;1-2-3/h2H,10H2,1H3;2-3H,9H2,1H3;1H4;3H. The number of thiol groups is 1. The first kappa shape index (κ1) is 28.6. The van der Waals surface area contributed by atoms with Crippen LogP contribution in [0.25, 0.3) is 0 Å². The molecule has 0 spiro atoms. The zero-order chi connectivity index (χ0) is 21.9. The van der Waals surface area contributed by atoms with E-state index in [1.807, 2.05) is 0 Å². The SMILES string of the molecule is C.COC(=O)c1nc(Br)c(F)cc1N.COC(=O)c1ncc(F)cc1N.[B]=NS. The van der Waals surface area contributed by atoms with Gasteiger partial charge in [0.05, 0.1) is 31.8 Å². The first-order valence-electron chi connectivity index (χ1n) is 6.86. The van der Waals surface area contributed by atoms with E-state index < -0.39 is 23.6 Å². The van der Waals surface area contributed by atoms with Crippen molar-refractivity contribution in [3.8, 4) is 0 Å². The molecular weight excluding hydrogens is 475 g/mol. The minimum absolute atomic E-state index is 0. The topological polar surface area (TPSA) is 143 Å². The molecule has 2 aromatic heterocycles. The van der Waals surface area contributed by atoms with Crippen LogP contribution in [-0.2, 0) is 9.47 Å². The number of ether oxygens (including phenoxy) is 2. The van der Waals surface area contributed by atoms with Gasteiger partial charge in [-0.3, -0.25) is 0 Å². The molecule has 14 heteroatoms. The number of nitrogens with two attached hydrogens (primary N) is 2. The third-order valence-electron chi connectivity index (χ3n) is 2.60. The second kappa shape index (κ2) is 14.4. The number of hydrogen-bond donors (Lipinski definition) is 3. The van der Waals surface area contributed by atoms with Gasteiger partial charge in [-0.05, 0) is 15.9 Å². The molecule has 1 radical (unpaired) electrons. The first-order chi connectivity index (χ1) is 13.1. The molecule has 0 saturated carbocycles. The molecule has 2 rings (SSSR count). The van der Waals surface area contributed by atoms with Gasteiger partial charge < -0.3 is 20.9 Å². The molecule has 0 aromatic carbocycles. The summed E-state index contributed by atoms with van der Waals surface area (Å²) in [5, 5.41) is 0. The molecular formula is C15H18BBrF2N5O4S. The van der Waals surface area contributed by atoms with Crippen molar-refractivity contribution in [2.24, 2.45) is 4.30 Å². The predicted octanol–water partition coefficient (Wildman–Crippen LogP) is 2.76. The van der Waals surface area contributed by atoms with Crippen molar-refractivity contribution in [2.45, 2.75) is 7.43 Å². The van der Waals surface area contributed by atoms with E-state index in [1.54, 1.807) is 0 Å². The van der Waals surface area contributed by atoms with E-state index in [-0.39, 0.29) is 34.8 Å². The van der Waals surface area contributed by atoms with Gasteiger partial charge in [0, 0.05) is 12.1 Å². The number of methoxy groups -OCH3 is 2. The first-order valence-corrected chi connectivity index (χ1v) is 8.05. The third kappa shape index (κ3) is 9.43. The number of esters is 2. The normalized spacial score (nSPS) is 8.72. The van der Waals surface area contributed by atoms with Gasteiger partial charge in [-0.1, -0.05) is 7.43 Å². The number of halogens is 3. The summed E-state index contributed by atoms with van der Waals surface area (Å²) in [6.07, 6.45) is 0.905. The molecule has 2 heterocycles. The quantitative estimate of drug-likeness (QED) is 0.251. The predicted molar refractivity (Wildman–Crippen MR) is 111 cm³/mol. The number of anilines is 2. The average molecular weight is 493 g/mol. The van der Waals surface area contributed by atoms with Crippen LogP contribution in [0.1, 0.15) is 28.4 Å². The minimum atomic E-state index is -0.696. The maximum absolute atomic E-state index is 12.8. The van der Waals surface area contributed by atoms with E-state index in [4.69, 9.17) is 11.5 Å². The summed E-state index contributed by atoms with van der Waals surface area (Å²) >= 11 is 6.02. The Labute approximate surface area is 181 Å². The van der Waals surface area contributed by atoms with Crippen LogP contribution in [0.15, 0.2) is 27.2 Å². The molecule has 0 fully saturated rings. The van der Waals surface area contributed by atoms with E-state index in [2.05, 4.69) is 60.1 Å². The summed E-state index contributed by atoms with van der Waals surface area (Å²) < 4.78 is 36.6. The summed E-state index contributed by atoms with van der Waals surface area (Å²) in [7, 11) is 6.73. The Bertz CT molecular complexity index is 864. The van der Waals surface area contributed by atoms with Gasteiger partial charge in [0.1, 0.15) is 10.4 Å². The monoisotopic (exact) mass is 492 g/mol.